The lowest BCUT2D eigenvalue weighted by Crippen LogP contribution is -2.41. The van der Waals surface area contributed by atoms with Gasteiger partial charge in [-0.25, -0.2) is 0 Å². The SMILES string of the molecule is O=C(NCCc1ccccn1)[C@@H]1CCC[C@H]2CCCC[C@H]21. The van der Waals surface area contributed by atoms with Crippen molar-refractivity contribution in [1.29, 1.82) is 0 Å². The van der Waals surface area contributed by atoms with Gasteiger partial charge in [0, 0.05) is 30.8 Å². The molecule has 2 fully saturated rings. The average molecular weight is 286 g/mol. The molecule has 21 heavy (non-hydrogen) atoms. The number of nitrogens with one attached hydrogen (secondary N) is 1. The summed E-state index contributed by atoms with van der Waals surface area (Å²) >= 11 is 0. The highest BCUT2D eigenvalue weighted by molar-refractivity contribution is 5.79. The van der Waals surface area contributed by atoms with E-state index in [4.69, 9.17) is 0 Å². The molecular formula is C18H26N2O. The van der Waals surface area contributed by atoms with Crippen molar-refractivity contribution in [2.75, 3.05) is 6.54 Å². The third-order valence-electron chi connectivity index (χ3n) is 5.32. The first-order valence-electron chi connectivity index (χ1n) is 8.52. The van der Waals surface area contributed by atoms with Crippen LogP contribution in [0.25, 0.3) is 0 Å². The van der Waals surface area contributed by atoms with E-state index in [0.29, 0.717) is 18.4 Å². The highest BCUT2D eigenvalue weighted by atomic mass is 16.1. The predicted molar refractivity (Wildman–Crippen MR) is 83.7 cm³/mol. The highest BCUT2D eigenvalue weighted by Gasteiger charge is 2.38. The smallest absolute Gasteiger partial charge is 0.223 e. The summed E-state index contributed by atoms with van der Waals surface area (Å²) in [6.45, 7) is 0.712. The van der Waals surface area contributed by atoms with E-state index in [1.165, 1.54) is 38.5 Å². The Bertz CT molecular complexity index is 458. The van der Waals surface area contributed by atoms with Crippen molar-refractivity contribution in [3.05, 3.63) is 30.1 Å². The molecule has 2 saturated carbocycles. The Balaban J connectivity index is 1.50. The Morgan fingerprint density at radius 3 is 2.86 bits per heavy atom. The van der Waals surface area contributed by atoms with Gasteiger partial charge in [0.25, 0.3) is 0 Å². The zero-order valence-corrected chi connectivity index (χ0v) is 12.8. The second-order valence-electron chi connectivity index (χ2n) is 6.61. The average Bonchev–Trinajstić information content (AvgIpc) is 2.55. The van der Waals surface area contributed by atoms with Crippen molar-refractivity contribution in [2.45, 2.75) is 51.4 Å². The van der Waals surface area contributed by atoms with Crippen LogP contribution in [0, 0.1) is 17.8 Å². The summed E-state index contributed by atoms with van der Waals surface area (Å²) in [5, 5.41) is 3.15. The van der Waals surface area contributed by atoms with Crippen LogP contribution < -0.4 is 5.32 Å². The lowest BCUT2D eigenvalue weighted by atomic mass is 9.65. The molecule has 3 nitrogen and oxygen atoms in total. The zero-order valence-electron chi connectivity index (χ0n) is 12.8. The summed E-state index contributed by atoms with van der Waals surface area (Å²) < 4.78 is 0. The summed E-state index contributed by atoms with van der Waals surface area (Å²) in [7, 11) is 0. The molecule has 1 aromatic heterocycles. The highest BCUT2D eigenvalue weighted by Crippen LogP contribution is 2.43. The molecule has 0 radical (unpaired) electrons. The van der Waals surface area contributed by atoms with E-state index in [1.807, 2.05) is 24.4 Å². The molecule has 0 bridgehead atoms. The van der Waals surface area contributed by atoms with Gasteiger partial charge in [0.15, 0.2) is 0 Å². The molecule has 1 aromatic rings. The summed E-state index contributed by atoms with van der Waals surface area (Å²) in [4.78, 5) is 16.8. The van der Waals surface area contributed by atoms with Crippen molar-refractivity contribution in [1.82, 2.24) is 10.3 Å². The molecule has 0 unspecified atom stereocenters. The van der Waals surface area contributed by atoms with Crippen LogP contribution in [0.15, 0.2) is 24.4 Å². The maximum Gasteiger partial charge on any atom is 0.223 e. The van der Waals surface area contributed by atoms with Crippen molar-refractivity contribution in [2.24, 2.45) is 17.8 Å². The summed E-state index contributed by atoms with van der Waals surface area (Å²) in [5.74, 6) is 2.04. The molecule has 3 rings (SSSR count). The second-order valence-corrected chi connectivity index (χ2v) is 6.61. The van der Waals surface area contributed by atoms with E-state index < -0.39 is 0 Å². The van der Waals surface area contributed by atoms with E-state index in [0.717, 1.165) is 24.5 Å². The van der Waals surface area contributed by atoms with E-state index in [-0.39, 0.29) is 5.92 Å². The predicted octanol–water partition coefficient (Wildman–Crippen LogP) is 3.35. The largest absolute Gasteiger partial charge is 0.355 e. The lowest BCUT2D eigenvalue weighted by Gasteiger charge is -2.40. The topological polar surface area (TPSA) is 42.0 Å². The van der Waals surface area contributed by atoms with E-state index in [9.17, 15) is 4.79 Å². The summed E-state index contributed by atoms with van der Waals surface area (Å²) in [6.07, 6.45) is 11.6. The van der Waals surface area contributed by atoms with Gasteiger partial charge in [0.1, 0.15) is 0 Å². The summed E-state index contributed by atoms with van der Waals surface area (Å²) in [6, 6.07) is 5.94. The van der Waals surface area contributed by atoms with E-state index in [1.54, 1.807) is 0 Å². The van der Waals surface area contributed by atoms with Crippen LogP contribution in [0.1, 0.15) is 50.6 Å². The molecule has 0 aliphatic heterocycles. The first-order chi connectivity index (χ1) is 10.3. The molecule has 0 saturated heterocycles. The molecule has 2 aliphatic rings. The standard InChI is InChI=1S/C18H26N2O/c21-18(20-13-11-15-8-3-4-12-19-15)17-10-5-7-14-6-1-2-9-16(14)17/h3-4,8,12,14,16-17H,1-2,5-7,9-11,13H2,(H,20,21)/t14-,16-,17-/m1/s1. The quantitative estimate of drug-likeness (QED) is 0.922. The van der Waals surface area contributed by atoms with Gasteiger partial charge in [-0.05, 0) is 36.8 Å². The normalized spacial score (nSPS) is 28.7. The van der Waals surface area contributed by atoms with Crippen molar-refractivity contribution in [3.8, 4) is 0 Å². The number of aromatic nitrogens is 1. The molecule has 1 heterocycles. The Labute approximate surface area is 127 Å². The van der Waals surface area contributed by atoms with Gasteiger partial charge in [-0.3, -0.25) is 9.78 Å². The van der Waals surface area contributed by atoms with Gasteiger partial charge in [-0.1, -0.05) is 38.2 Å². The molecule has 0 aromatic carbocycles. The third kappa shape index (κ3) is 3.63. The lowest BCUT2D eigenvalue weighted by molar-refractivity contribution is -0.129. The van der Waals surface area contributed by atoms with Crippen LogP contribution in [0.4, 0.5) is 0 Å². The number of nitrogens with zero attached hydrogens (tertiary/aromatic N) is 1. The maximum atomic E-state index is 12.5. The van der Waals surface area contributed by atoms with Gasteiger partial charge in [0.05, 0.1) is 0 Å². The van der Waals surface area contributed by atoms with Gasteiger partial charge in [-0.2, -0.15) is 0 Å². The molecule has 0 spiro atoms. The fourth-order valence-corrected chi connectivity index (χ4v) is 4.25. The van der Waals surface area contributed by atoms with Gasteiger partial charge in [-0.15, -0.1) is 0 Å². The van der Waals surface area contributed by atoms with E-state index >= 15 is 0 Å². The number of carbonyl (C=O) groups is 1. The Morgan fingerprint density at radius 2 is 2.00 bits per heavy atom. The Kier molecular flexibility index (Phi) is 4.89. The fourth-order valence-electron chi connectivity index (χ4n) is 4.25. The molecule has 3 heteroatoms. The van der Waals surface area contributed by atoms with Crippen LogP contribution >= 0.6 is 0 Å². The number of rotatable bonds is 4. The van der Waals surface area contributed by atoms with Crippen LogP contribution in [-0.2, 0) is 11.2 Å². The molecule has 114 valence electrons. The number of carbonyl (C=O) groups excluding carboxylic acids is 1. The summed E-state index contributed by atoms with van der Waals surface area (Å²) in [5.41, 5.74) is 1.05. The fraction of sp³-hybridized carbons (Fsp3) is 0.667. The molecule has 1 amide bonds. The molecule has 1 N–H and O–H groups in total. The monoisotopic (exact) mass is 286 g/mol. The van der Waals surface area contributed by atoms with Crippen LogP contribution in [0.3, 0.4) is 0 Å². The number of amides is 1. The van der Waals surface area contributed by atoms with Gasteiger partial charge < -0.3 is 5.32 Å². The first kappa shape index (κ1) is 14.6. The molecule has 2 aliphatic carbocycles. The zero-order chi connectivity index (χ0) is 14.5. The third-order valence-corrected chi connectivity index (χ3v) is 5.32. The number of hydrogen-bond donors (Lipinski definition) is 1. The number of pyridine rings is 1. The Morgan fingerprint density at radius 1 is 1.14 bits per heavy atom. The minimum Gasteiger partial charge on any atom is -0.355 e. The molecule has 3 atom stereocenters. The van der Waals surface area contributed by atoms with Crippen molar-refractivity contribution < 1.29 is 4.79 Å². The minimum atomic E-state index is 0.271. The minimum absolute atomic E-state index is 0.271. The second kappa shape index (κ2) is 7.06. The van der Waals surface area contributed by atoms with Gasteiger partial charge >= 0.3 is 0 Å². The van der Waals surface area contributed by atoms with Crippen LogP contribution in [0.2, 0.25) is 0 Å². The van der Waals surface area contributed by atoms with Crippen LogP contribution in [-0.4, -0.2) is 17.4 Å². The Hall–Kier alpha value is -1.38. The van der Waals surface area contributed by atoms with Crippen LogP contribution in [0.5, 0.6) is 0 Å². The van der Waals surface area contributed by atoms with Crippen molar-refractivity contribution in [3.63, 3.8) is 0 Å². The number of hydrogen-bond acceptors (Lipinski definition) is 2. The van der Waals surface area contributed by atoms with Crippen molar-refractivity contribution >= 4 is 5.91 Å². The molecular weight excluding hydrogens is 260 g/mol. The van der Waals surface area contributed by atoms with E-state index in [2.05, 4.69) is 10.3 Å². The number of fused-ring (bicyclic) bond motifs is 1. The van der Waals surface area contributed by atoms with Gasteiger partial charge in [0.2, 0.25) is 5.91 Å². The first-order valence-corrected chi connectivity index (χ1v) is 8.52. The maximum absolute atomic E-state index is 12.5.